The first-order valence-corrected chi connectivity index (χ1v) is 23.0. The van der Waals surface area contributed by atoms with E-state index in [2.05, 4.69) is 210 Å². The van der Waals surface area contributed by atoms with Crippen molar-refractivity contribution >= 4 is 57.2 Å². The summed E-state index contributed by atoms with van der Waals surface area (Å²) in [5.41, 5.74) is 26.2. The Bertz CT molecular complexity index is 2810. The number of fused-ring (bicyclic) bond motifs is 6. The van der Waals surface area contributed by atoms with E-state index in [1.807, 2.05) is 0 Å². The van der Waals surface area contributed by atoms with Gasteiger partial charge in [-0.2, -0.15) is 0 Å². The lowest BCUT2D eigenvalue weighted by Crippen LogP contribution is -2.61. The fourth-order valence-corrected chi connectivity index (χ4v) is 12.3. The zero-order valence-electron chi connectivity index (χ0n) is 39.4. The highest BCUT2D eigenvalue weighted by Gasteiger charge is 2.49. The molecule has 10 rings (SSSR count). The monoisotopic (exact) mass is 801 g/mol. The Balaban J connectivity index is 1.33. The maximum Gasteiger partial charge on any atom is 0.252 e. The van der Waals surface area contributed by atoms with E-state index in [0.29, 0.717) is 0 Å². The molecule has 0 amide bonds. The molecule has 0 unspecified atom stereocenters. The second-order valence-electron chi connectivity index (χ2n) is 23.1. The topological polar surface area (TPSA) is 6.48 Å². The first kappa shape index (κ1) is 40.1. The molecule has 0 aromatic heterocycles. The molecule has 0 atom stereocenters. The van der Waals surface area contributed by atoms with Crippen LogP contribution in [-0.4, -0.2) is 6.71 Å². The fraction of sp³-hybridized carbons (Fsp3) is 0.379. The van der Waals surface area contributed by atoms with E-state index in [4.69, 9.17) is 0 Å². The van der Waals surface area contributed by atoms with Crippen molar-refractivity contribution in [3.05, 3.63) is 148 Å². The molecule has 6 aromatic rings. The summed E-state index contributed by atoms with van der Waals surface area (Å²) in [6.07, 6.45) is 3.53. The van der Waals surface area contributed by atoms with Gasteiger partial charge in [0.2, 0.25) is 0 Å². The molecule has 4 aliphatic rings. The molecule has 6 aromatic carbocycles. The van der Waals surface area contributed by atoms with Crippen molar-refractivity contribution in [2.75, 3.05) is 9.80 Å². The largest absolute Gasteiger partial charge is 0.311 e. The van der Waals surface area contributed by atoms with Crippen LogP contribution in [0.3, 0.4) is 0 Å². The zero-order valence-corrected chi connectivity index (χ0v) is 39.4. The summed E-state index contributed by atoms with van der Waals surface area (Å²) in [5.74, 6) is 0. The van der Waals surface area contributed by atoms with E-state index in [1.54, 1.807) is 0 Å². The second kappa shape index (κ2) is 13.0. The van der Waals surface area contributed by atoms with E-state index in [9.17, 15) is 0 Å². The number of hydrogen-bond acceptors (Lipinski definition) is 2. The fourth-order valence-electron chi connectivity index (χ4n) is 12.3. The van der Waals surface area contributed by atoms with E-state index in [0.717, 1.165) is 6.42 Å². The molecule has 0 fully saturated rings. The molecule has 0 N–H and O–H groups in total. The standard InChI is InChI=1S/C58H65BN2/c1-35-26-51-53-52(27-35)61(49-32-43-41(29-37(49)3)55(7,8)24-25-56(43,9)10)50-33-44-42(57(11,12)34-58(44,13)14)31-46(50)59(53)45-30-39(38-18-16-15-17-19-38)20-22-48(45)60(51)47-23-21-40(28-36(47)2)54(4,5)6/h15-23,26-33H,24-25,34H2,1-14H3. The Kier molecular flexibility index (Phi) is 8.55. The molecule has 0 saturated heterocycles. The highest BCUT2D eigenvalue weighted by atomic mass is 15.2. The van der Waals surface area contributed by atoms with E-state index >= 15 is 0 Å². The summed E-state index contributed by atoms with van der Waals surface area (Å²) < 4.78 is 0. The van der Waals surface area contributed by atoms with E-state index < -0.39 is 0 Å². The van der Waals surface area contributed by atoms with Gasteiger partial charge < -0.3 is 9.80 Å². The van der Waals surface area contributed by atoms with Gasteiger partial charge in [-0.25, -0.2) is 0 Å². The van der Waals surface area contributed by atoms with E-state index in [1.165, 1.54) is 119 Å². The molecule has 2 aliphatic carbocycles. The highest BCUT2D eigenvalue weighted by molar-refractivity contribution is 7.00. The van der Waals surface area contributed by atoms with Gasteiger partial charge in [0, 0.05) is 34.1 Å². The third-order valence-electron chi connectivity index (χ3n) is 15.5. The van der Waals surface area contributed by atoms with Crippen molar-refractivity contribution in [3.8, 4) is 11.1 Å². The third kappa shape index (κ3) is 6.03. The summed E-state index contributed by atoms with van der Waals surface area (Å²) in [6, 6.07) is 40.9. The molecule has 2 aliphatic heterocycles. The van der Waals surface area contributed by atoms with Crippen molar-refractivity contribution in [3.63, 3.8) is 0 Å². The molecule has 2 heterocycles. The smallest absolute Gasteiger partial charge is 0.252 e. The second-order valence-corrected chi connectivity index (χ2v) is 23.1. The third-order valence-corrected chi connectivity index (χ3v) is 15.5. The van der Waals surface area contributed by atoms with Crippen LogP contribution in [0.4, 0.5) is 34.1 Å². The van der Waals surface area contributed by atoms with Crippen molar-refractivity contribution in [1.29, 1.82) is 0 Å². The molecule has 0 bridgehead atoms. The predicted molar refractivity (Wildman–Crippen MR) is 265 cm³/mol. The number of benzene rings is 6. The lowest BCUT2D eigenvalue weighted by molar-refractivity contribution is 0.332. The number of nitrogens with zero attached hydrogens (tertiary/aromatic N) is 2. The predicted octanol–water partition coefficient (Wildman–Crippen LogP) is 14.0. The number of aryl methyl sites for hydroxylation is 3. The van der Waals surface area contributed by atoms with Crippen molar-refractivity contribution in [2.24, 2.45) is 0 Å². The van der Waals surface area contributed by atoms with Crippen LogP contribution in [0.15, 0.2) is 103 Å². The van der Waals surface area contributed by atoms with Gasteiger partial charge >= 0.3 is 0 Å². The maximum absolute atomic E-state index is 2.71. The first-order valence-electron chi connectivity index (χ1n) is 23.0. The molecule has 3 heteroatoms. The van der Waals surface area contributed by atoms with Crippen LogP contribution in [0.2, 0.25) is 0 Å². The van der Waals surface area contributed by atoms with Gasteiger partial charge in [-0.3, -0.25) is 0 Å². The summed E-state index contributed by atoms with van der Waals surface area (Å²) in [6.45, 7) is 33.7. The molecule has 0 radical (unpaired) electrons. The Morgan fingerprint density at radius 1 is 0.459 bits per heavy atom. The summed E-state index contributed by atoms with van der Waals surface area (Å²) >= 11 is 0. The quantitative estimate of drug-likeness (QED) is 0.164. The lowest BCUT2D eigenvalue weighted by atomic mass is 9.33. The van der Waals surface area contributed by atoms with E-state index in [-0.39, 0.29) is 33.8 Å². The van der Waals surface area contributed by atoms with Crippen molar-refractivity contribution < 1.29 is 0 Å². The molecule has 0 saturated carbocycles. The van der Waals surface area contributed by atoms with Gasteiger partial charge in [0.1, 0.15) is 0 Å². The minimum atomic E-state index is 0.0547. The number of rotatable bonds is 3. The molecular formula is C58H65BN2. The minimum Gasteiger partial charge on any atom is -0.311 e. The van der Waals surface area contributed by atoms with Crippen LogP contribution >= 0.6 is 0 Å². The average molecular weight is 801 g/mol. The molecular weight excluding hydrogens is 735 g/mol. The summed E-state index contributed by atoms with van der Waals surface area (Å²) in [5, 5.41) is 0. The maximum atomic E-state index is 2.71. The summed E-state index contributed by atoms with van der Waals surface area (Å²) in [4.78, 5) is 5.33. The number of hydrogen-bond donors (Lipinski definition) is 0. The first-order chi connectivity index (χ1) is 28.6. The van der Waals surface area contributed by atoms with Crippen molar-refractivity contribution in [2.45, 2.75) is 143 Å². The van der Waals surface area contributed by atoms with Crippen LogP contribution in [0.5, 0.6) is 0 Å². The lowest BCUT2D eigenvalue weighted by Gasteiger charge is -2.47. The minimum absolute atomic E-state index is 0.0547. The SMILES string of the molecule is Cc1cc2c3c(c1)N(c1cc4c(cc1C)C(C)(C)CCC4(C)C)c1cc4c(cc1B3c1cc(-c3ccccc3)ccc1N2c1ccc(C(C)(C)C)cc1C)C(C)(C)CC4(C)C. The molecule has 310 valence electrons. The normalized spacial score (nSPS) is 18.6. The van der Waals surface area contributed by atoms with Gasteiger partial charge in [0.05, 0.1) is 0 Å². The van der Waals surface area contributed by atoms with Crippen LogP contribution in [0.1, 0.15) is 140 Å². The summed E-state index contributed by atoms with van der Waals surface area (Å²) in [7, 11) is 0. The zero-order chi connectivity index (χ0) is 43.3. The van der Waals surface area contributed by atoms with Gasteiger partial charge in [-0.15, -0.1) is 0 Å². The van der Waals surface area contributed by atoms with Crippen LogP contribution in [0.25, 0.3) is 11.1 Å². The molecule has 61 heavy (non-hydrogen) atoms. The number of anilines is 6. The molecule has 2 nitrogen and oxygen atoms in total. The van der Waals surface area contributed by atoms with Crippen LogP contribution in [0, 0.1) is 20.8 Å². The Morgan fingerprint density at radius 2 is 0.984 bits per heavy atom. The Morgan fingerprint density at radius 3 is 1.61 bits per heavy atom. The average Bonchev–Trinajstić information content (AvgIpc) is 3.37. The van der Waals surface area contributed by atoms with Crippen LogP contribution in [-0.2, 0) is 27.1 Å². The van der Waals surface area contributed by atoms with Crippen LogP contribution < -0.4 is 26.2 Å². The van der Waals surface area contributed by atoms with Gasteiger partial charge in [0.25, 0.3) is 6.71 Å². The Labute approximate surface area is 367 Å². The molecule has 0 spiro atoms. The Hall–Kier alpha value is -5.02. The van der Waals surface area contributed by atoms with Crippen molar-refractivity contribution in [1.82, 2.24) is 0 Å². The van der Waals surface area contributed by atoms with Gasteiger partial charge in [0.15, 0.2) is 0 Å². The highest BCUT2D eigenvalue weighted by Crippen LogP contribution is 2.54. The van der Waals surface area contributed by atoms with Gasteiger partial charge in [-0.05, 0) is 176 Å². The van der Waals surface area contributed by atoms with Gasteiger partial charge in [-0.1, -0.05) is 143 Å².